The minimum Gasteiger partial charge on any atom is -0.493 e. The first-order chi connectivity index (χ1) is 9.63. The third kappa shape index (κ3) is 3.27. The third-order valence-electron chi connectivity index (χ3n) is 2.74. The van der Waals surface area contributed by atoms with Crippen molar-refractivity contribution >= 4 is 22.2 Å². The van der Waals surface area contributed by atoms with Gasteiger partial charge >= 0.3 is 0 Å². The maximum absolute atomic E-state index is 5.28. The molecule has 5 nitrogen and oxygen atoms in total. The summed E-state index contributed by atoms with van der Waals surface area (Å²) in [7, 11) is 3.23. The van der Waals surface area contributed by atoms with Crippen LogP contribution in [0.4, 0.5) is 5.13 Å². The van der Waals surface area contributed by atoms with Crippen LogP contribution in [0.1, 0.15) is 18.2 Å². The molecular formula is C14H17N3O2S. The van der Waals surface area contributed by atoms with Gasteiger partial charge in [0.2, 0.25) is 5.13 Å². The standard InChI is InChI=1S/C14H17N3O2S/c1-9-8-20-14(15-9)17-16-10(2)11-5-6-12(18-3)13(7-11)19-4/h5-8H,1-4H3,(H,15,17)/b16-10-. The number of methoxy groups -OCH3 is 2. The van der Waals surface area contributed by atoms with E-state index >= 15 is 0 Å². The van der Waals surface area contributed by atoms with Crippen molar-refractivity contribution in [3.05, 3.63) is 34.8 Å². The number of nitrogens with one attached hydrogen (secondary N) is 1. The molecule has 0 bridgehead atoms. The minimum absolute atomic E-state index is 0.685. The van der Waals surface area contributed by atoms with E-state index in [1.165, 1.54) is 11.3 Å². The van der Waals surface area contributed by atoms with Crippen molar-refractivity contribution in [2.45, 2.75) is 13.8 Å². The summed E-state index contributed by atoms with van der Waals surface area (Å²) in [6, 6.07) is 5.70. The van der Waals surface area contributed by atoms with E-state index in [4.69, 9.17) is 9.47 Å². The quantitative estimate of drug-likeness (QED) is 0.678. The zero-order valence-corrected chi connectivity index (χ0v) is 12.7. The molecule has 2 aromatic rings. The molecule has 0 aliphatic carbocycles. The Morgan fingerprint density at radius 3 is 2.60 bits per heavy atom. The number of hydrogen-bond acceptors (Lipinski definition) is 6. The summed E-state index contributed by atoms with van der Waals surface area (Å²) in [4.78, 5) is 4.29. The highest BCUT2D eigenvalue weighted by Crippen LogP contribution is 2.27. The first-order valence-corrected chi connectivity index (χ1v) is 6.97. The van der Waals surface area contributed by atoms with Gasteiger partial charge in [0.05, 0.1) is 25.6 Å². The molecule has 1 aromatic carbocycles. The molecular weight excluding hydrogens is 274 g/mol. The average Bonchev–Trinajstić information content (AvgIpc) is 2.89. The highest BCUT2D eigenvalue weighted by Gasteiger charge is 2.06. The number of hydrogen-bond donors (Lipinski definition) is 1. The van der Waals surface area contributed by atoms with E-state index in [1.807, 2.05) is 37.4 Å². The number of aromatic nitrogens is 1. The van der Waals surface area contributed by atoms with Crippen molar-refractivity contribution in [3.63, 3.8) is 0 Å². The summed E-state index contributed by atoms with van der Waals surface area (Å²) < 4.78 is 10.5. The average molecular weight is 291 g/mol. The molecule has 0 saturated heterocycles. The van der Waals surface area contributed by atoms with Crippen LogP contribution < -0.4 is 14.9 Å². The highest BCUT2D eigenvalue weighted by molar-refractivity contribution is 7.13. The number of hydrazone groups is 1. The number of thiazole rings is 1. The fraction of sp³-hybridized carbons (Fsp3) is 0.286. The minimum atomic E-state index is 0.685. The van der Waals surface area contributed by atoms with Crippen LogP contribution in [0.3, 0.4) is 0 Å². The van der Waals surface area contributed by atoms with Crippen molar-refractivity contribution in [2.75, 3.05) is 19.6 Å². The van der Waals surface area contributed by atoms with Crippen LogP contribution in [0.25, 0.3) is 0 Å². The zero-order valence-electron chi connectivity index (χ0n) is 11.9. The van der Waals surface area contributed by atoms with Gasteiger partial charge in [0.25, 0.3) is 0 Å². The molecule has 0 spiro atoms. The Bertz CT molecular complexity index is 623. The van der Waals surface area contributed by atoms with Crippen molar-refractivity contribution in [1.82, 2.24) is 4.98 Å². The summed E-state index contributed by atoms with van der Waals surface area (Å²) in [5.74, 6) is 1.39. The molecule has 0 radical (unpaired) electrons. The van der Waals surface area contributed by atoms with E-state index < -0.39 is 0 Å². The van der Waals surface area contributed by atoms with Crippen LogP contribution in [-0.4, -0.2) is 24.9 Å². The Morgan fingerprint density at radius 1 is 1.25 bits per heavy atom. The number of aryl methyl sites for hydroxylation is 1. The third-order valence-corrected chi connectivity index (χ3v) is 3.60. The second-order valence-corrected chi connectivity index (χ2v) is 5.03. The Morgan fingerprint density at radius 2 is 2.00 bits per heavy atom. The Hall–Kier alpha value is -2.08. The molecule has 0 amide bonds. The van der Waals surface area contributed by atoms with Crippen LogP contribution in [0.2, 0.25) is 0 Å². The van der Waals surface area contributed by atoms with Crippen molar-refractivity contribution in [1.29, 1.82) is 0 Å². The van der Waals surface area contributed by atoms with E-state index in [1.54, 1.807) is 14.2 Å². The molecule has 20 heavy (non-hydrogen) atoms. The molecule has 106 valence electrons. The SMILES string of the molecule is COc1ccc(/C(C)=N\Nc2nc(C)cs2)cc1OC. The molecule has 6 heteroatoms. The first kappa shape index (κ1) is 14.3. The van der Waals surface area contributed by atoms with Crippen molar-refractivity contribution < 1.29 is 9.47 Å². The van der Waals surface area contributed by atoms with Gasteiger partial charge in [0.1, 0.15) is 0 Å². The fourth-order valence-electron chi connectivity index (χ4n) is 1.66. The molecule has 1 N–H and O–H groups in total. The Labute approximate surface area is 122 Å². The smallest absolute Gasteiger partial charge is 0.203 e. The second-order valence-electron chi connectivity index (χ2n) is 4.17. The van der Waals surface area contributed by atoms with E-state index in [0.717, 1.165) is 22.1 Å². The number of benzene rings is 1. The van der Waals surface area contributed by atoms with E-state index in [-0.39, 0.29) is 0 Å². The summed E-state index contributed by atoms with van der Waals surface area (Å²) in [5.41, 5.74) is 5.74. The van der Waals surface area contributed by atoms with Crippen molar-refractivity contribution in [2.24, 2.45) is 5.10 Å². The lowest BCUT2D eigenvalue weighted by Gasteiger charge is -2.09. The van der Waals surface area contributed by atoms with Gasteiger partial charge < -0.3 is 9.47 Å². The lowest BCUT2D eigenvalue weighted by molar-refractivity contribution is 0.355. The van der Waals surface area contributed by atoms with Crippen LogP contribution in [-0.2, 0) is 0 Å². The molecule has 0 aliphatic rings. The molecule has 2 rings (SSSR count). The molecule has 0 aliphatic heterocycles. The van der Waals surface area contributed by atoms with Crippen LogP contribution in [0.5, 0.6) is 11.5 Å². The highest BCUT2D eigenvalue weighted by atomic mass is 32.1. The topological polar surface area (TPSA) is 55.7 Å². The Kier molecular flexibility index (Phi) is 4.57. The molecule has 0 saturated carbocycles. The number of rotatable bonds is 5. The largest absolute Gasteiger partial charge is 0.493 e. The van der Waals surface area contributed by atoms with Gasteiger partial charge in [-0.15, -0.1) is 11.3 Å². The molecule has 0 atom stereocenters. The predicted octanol–water partition coefficient (Wildman–Crippen LogP) is 3.30. The molecule has 0 fully saturated rings. The predicted molar refractivity (Wildman–Crippen MR) is 82.2 cm³/mol. The van der Waals surface area contributed by atoms with Gasteiger partial charge in [-0.25, -0.2) is 4.98 Å². The maximum atomic E-state index is 5.28. The van der Waals surface area contributed by atoms with Gasteiger partial charge in [0.15, 0.2) is 11.5 Å². The summed E-state index contributed by atoms with van der Waals surface area (Å²) in [6.07, 6.45) is 0. The zero-order chi connectivity index (χ0) is 14.5. The van der Waals surface area contributed by atoms with Crippen LogP contribution >= 0.6 is 11.3 Å². The lowest BCUT2D eigenvalue weighted by atomic mass is 10.1. The van der Waals surface area contributed by atoms with E-state index in [0.29, 0.717) is 11.5 Å². The summed E-state index contributed by atoms with van der Waals surface area (Å²) in [5, 5.41) is 7.08. The van der Waals surface area contributed by atoms with Gasteiger partial charge in [-0.1, -0.05) is 0 Å². The molecule has 0 unspecified atom stereocenters. The van der Waals surface area contributed by atoms with Gasteiger partial charge in [-0.2, -0.15) is 5.10 Å². The van der Waals surface area contributed by atoms with E-state index in [2.05, 4.69) is 15.5 Å². The summed E-state index contributed by atoms with van der Waals surface area (Å²) in [6.45, 7) is 3.88. The van der Waals surface area contributed by atoms with Gasteiger partial charge in [-0.05, 0) is 32.0 Å². The van der Waals surface area contributed by atoms with E-state index in [9.17, 15) is 0 Å². The number of nitrogens with zero attached hydrogens (tertiary/aromatic N) is 2. The first-order valence-electron chi connectivity index (χ1n) is 6.09. The number of anilines is 1. The number of ether oxygens (including phenoxy) is 2. The normalized spacial score (nSPS) is 11.3. The molecule has 1 heterocycles. The van der Waals surface area contributed by atoms with Crippen LogP contribution in [0, 0.1) is 6.92 Å². The van der Waals surface area contributed by atoms with Crippen LogP contribution in [0.15, 0.2) is 28.7 Å². The summed E-state index contributed by atoms with van der Waals surface area (Å²) >= 11 is 1.53. The second kappa shape index (κ2) is 6.38. The van der Waals surface area contributed by atoms with Gasteiger partial charge in [-0.3, -0.25) is 5.43 Å². The van der Waals surface area contributed by atoms with Gasteiger partial charge in [0, 0.05) is 10.9 Å². The maximum Gasteiger partial charge on any atom is 0.203 e. The monoisotopic (exact) mass is 291 g/mol. The Balaban J connectivity index is 2.17. The van der Waals surface area contributed by atoms with Crippen molar-refractivity contribution in [3.8, 4) is 11.5 Å². The molecule has 1 aromatic heterocycles. The lowest BCUT2D eigenvalue weighted by Crippen LogP contribution is -2.01. The fourth-order valence-corrected chi connectivity index (χ4v) is 2.29.